The summed E-state index contributed by atoms with van der Waals surface area (Å²) in [6.45, 7) is 0.361. The van der Waals surface area contributed by atoms with Gasteiger partial charge in [-0.1, -0.05) is 25.0 Å². The number of benzene rings is 1. The van der Waals surface area contributed by atoms with Gasteiger partial charge in [-0.3, -0.25) is 14.6 Å². The highest BCUT2D eigenvalue weighted by Gasteiger charge is 2.20. The molecule has 1 aromatic carbocycles. The van der Waals surface area contributed by atoms with Crippen molar-refractivity contribution in [2.75, 3.05) is 5.32 Å². The molecular formula is C24H24N4O2S. The van der Waals surface area contributed by atoms with Crippen molar-refractivity contribution in [3.05, 3.63) is 83.8 Å². The number of anilines is 1. The van der Waals surface area contributed by atoms with Gasteiger partial charge in [0.05, 0.1) is 5.56 Å². The zero-order valence-corrected chi connectivity index (χ0v) is 17.9. The minimum atomic E-state index is -0.201. The number of rotatable bonds is 7. The van der Waals surface area contributed by atoms with E-state index in [2.05, 4.69) is 20.6 Å². The van der Waals surface area contributed by atoms with Gasteiger partial charge in [-0.2, -0.15) is 0 Å². The van der Waals surface area contributed by atoms with Crippen LogP contribution in [-0.4, -0.2) is 27.0 Å². The maximum absolute atomic E-state index is 12.8. The summed E-state index contributed by atoms with van der Waals surface area (Å²) < 4.78 is 0. The number of pyridine rings is 2. The summed E-state index contributed by atoms with van der Waals surface area (Å²) in [6.07, 6.45) is 9.76. The fourth-order valence-electron chi connectivity index (χ4n) is 3.56. The molecule has 158 valence electrons. The van der Waals surface area contributed by atoms with Gasteiger partial charge in [-0.15, -0.1) is 11.8 Å². The van der Waals surface area contributed by atoms with E-state index < -0.39 is 0 Å². The molecule has 31 heavy (non-hydrogen) atoms. The summed E-state index contributed by atoms with van der Waals surface area (Å²) in [5.41, 5.74) is 2.72. The molecule has 1 fully saturated rings. The van der Waals surface area contributed by atoms with Gasteiger partial charge in [0.2, 0.25) is 0 Å². The fraction of sp³-hybridized carbons (Fsp3) is 0.250. The van der Waals surface area contributed by atoms with Crippen molar-refractivity contribution in [1.82, 2.24) is 15.3 Å². The molecule has 0 aliphatic heterocycles. The fourth-order valence-corrected chi connectivity index (χ4v) is 4.86. The molecular weight excluding hydrogens is 408 g/mol. The van der Waals surface area contributed by atoms with Gasteiger partial charge in [-0.05, 0) is 54.8 Å². The van der Waals surface area contributed by atoms with Gasteiger partial charge < -0.3 is 10.6 Å². The van der Waals surface area contributed by atoms with Crippen molar-refractivity contribution < 1.29 is 9.59 Å². The maximum Gasteiger partial charge on any atom is 0.255 e. The van der Waals surface area contributed by atoms with E-state index in [0.29, 0.717) is 28.6 Å². The Kier molecular flexibility index (Phi) is 6.94. The smallest absolute Gasteiger partial charge is 0.255 e. The highest BCUT2D eigenvalue weighted by Crippen LogP contribution is 2.35. The summed E-state index contributed by atoms with van der Waals surface area (Å²) in [7, 11) is 0. The minimum Gasteiger partial charge on any atom is -0.348 e. The lowest BCUT2D eigenvalue weighted by atomic mass is 10.1. The van der Waals surface area contributed by atoms with Gasteiger partial charge >= 0.3 is 0 Å². The molecule has 6 nitrogen and oxygen atoms in total. The van der Waals surface area contributed by atoms with Crippen molar-refractivity contribution in [2.45, 2.75) is 42.5 Å². The summed E-state index contributed by atoms with van der Waals surface area (Å²) in [4.78, 5) is 33.5. The van der Waals surface area contributed by atoms with E-state index in [4.69, 9.17) is 0 Å². The molecule has 2 heterocycles. The Labute approximate surface area is 185 Å². The first-order valence-corrected chi connectivity index (χ1v) is 11.3. The molecule has 0 spiro atoms. The van der Waals surface area contributed by atoms with Crippen molar-refractivity contribution in [3.8, 4) is 0 Å². The topological polar surface area (TPSA) is 84.0 Å². The number of nitrogens with one attached hydrogen (secondary N) is 2. The molecule has 0 radical (unpaired) electrons. The molecule has 0 bridgehead atoms. The first-order chi connectivity index (χ1) is 15.2. The Hall–Kier alpha value is -3.19. The number of amides is 2. The molecule has 1 saturated carbocycles. The lowest BCUT2D eigenvalue weighted by molar-refractivity contribution is 0.0946. The average molecular weight is 433 g/mol. The van der Waals surface area contributed by atoms with E-state index in [1.54, 1.807) is 48.6 Å². The van der Waals surface area contributed by atoms with Crippen LogP contribution in [0, 0.1) is 0 Å². The summed E-state index contributed by atoms with van der Waals surface area (Å²) >= 11 is 1.71. The Balaban J connectivity index is 1.38. The number of hydrogen-bond donors (Lipinski definition) is 2. The second-order valence-electron chi connectivity index (χ2n) is 7.45. The number of carbonyl (C=O) groups is 2. The van der Waals surface area contributed by atoms with Crippen LogP contribution in [0.2, 0.25) is 0 Å². The van der Waals surface area contributed by atoms with Gasteiger partial charge in [0.1, 0.15) is 5.03 Å². The quantitative estimate of drug-likeness (QED) is 0.566. The van der Waals surface area contributed by atoms with Crippen LogP contribution < -0.4 is 10.6 Å². The Bertz CT molecular complexity index is 1050. The van der Waals surface area contributed by atoms with E-state index in [-0.39, 0.29) is 11.8 Å². The molecule has 0 unspecified atom stereocenters. The zero-order valence-electron chi connectivity index (χ0n) is 17.1. The Morgan fingerprint density at radius 2 is 1.77 bits per heavy atom. The maximum atomic E-state index is 12.8. The number of nitrogens with zero attached hydrogens (tertiary/aromatic N) is 2. The third kappa shape index (κ3) is 5.70. The molecule has 1 aliphatic carbocycles. The van der Waals surface area contributed by atoms with Crippen molar-refractivity contribution >= 4 is 29.3 Å². The van der Waals surface area contributed by atoms with Gasteiger partial charge in [0.15, 0.2) is 0 Å². The minimum absolute atomic E-state index is 0.139. The largest absolute Gasteiger partial charge is 0.348 e. The predicted octanol–water partition coefficient (Wildman–Crippen LogP) is 4.69. The molecule has 2 N–H and O–H groups in total. The van der Waals surface area contributed by atoms with Crippen LogP contribution in [0.3, 0.4) is 0 Å². The molecule has 2 aromatic heterocycles. The Morgan fingerprint density at radius 3 is 2.58 bits per heavy atom. The van der Waals surface area contributed by atoms with E-state index >= 15 is 0 Å². The predicted molar refractivity (Wildman–Crippen MR) is 122 cm³/mol. The normalized spacial score (nSPS) is 13.7. The van der Waals surface area contributed by atoms with Crippen LogP contribution in [-0.2, 0) is 6.54 Å². The highest BCUT2D eigenvalue weighted by molar-refractivity contribution is 7.99. The lowest BCUT2D eigenvalue weighted by Gasteiger charge is -2.13. The van der Waals surface area contributed by atoms with Crippen LogP contribution in [0.5, 0.6) is 0 Å². The van der Waals surface area contributed by atoms with Gasteiger partial charge in [-0.25, -0.2) is 4.98 Å². The molecule has 1 aliphatic rings. The van der Waals surface area contributed by atoms with Crippen LogP contribution in [0.15, 0.2) is 72.1 Å². The molecule has 3 aromatic rings. The lowest BCUT2D eigenvalue weighted by Crippen LogP contribution is -2.24. The molecule has 0 atom stereocenters. The molecule has 2 amide bonds. The monoisotopic (exact) mass is 432 g/mol. The van der Waals surface area contributed by atoms with Crippen molar-refractivity contribution in [1.29, 1.82) is 0 Å². The molecule has 7 heteroatoms. The number of hydrogen-bond acceptors (Lipinski definition) is 5. The van der Waals surface area contributed by atoms with Gasteiger partial charge in [0, 0.05) is 41.6 Å². The van der Waals surface area contributed by atoms with Gasteiger partial charge in [0.25, 0.3) is 11.8 Å². The van der Waals surface area contributed by atoms with Crippen LogP contribution in [0.4, 0.5) is 5.69 Å². The first kappa shape index (κ1) is 21.1. The van der Waals surface area contributed by atoms with E-state index in [1.165, 1.54) is 25.7 Å². The number of thioether (sulfide) groups is 1. The van der Waals surface area contributed by atoms with E-state index in [9.17, 15) is 9.59 Å². The number of carbonyl (C=O) groups excluding carboxylic acids is 2. The van der Waals surface area contributed by atoms with Crippen LogP contribution in [0.1, 0.15) is 52.0 Å². The first-order valence-electron chi connectivity index (χ1n) is 10.4. The molecule has 0 saturated heterocycles. The summed E-state index contributed by atoms with van der Waals surface area (Å²) in [5.74, 6) is -0.340. The van der Waals surface area contributed by atoms with Crippen LogP contribution >= 0.6 is 11.8 Å². The molecule has 4 rings (SSSR count). The van der Waals surface area contributed by atoms with Crippen LogP contribution in [0.25, 0.3) is 0 Å². The summed E-state index contributed by atoms with van der Waals surface area (Å²) in [6, 6.07) is 14.4. The van der Waals surface area contributed by atoms with Crippen molar-refractivity contribution in [3.63, 3.8) is 0 Å². The van der Waals surface area contributed by atoms with E-state index in [0.717, 1.165) is 10.6 Å². The highest BCUT2D eigenvalue weighted by atomic mass is 32.2. The summed E-state index contributed by atoms with van der Waals surface area (Å²) in [5, 5.41) is 7.19. The second-order valence-corrected chi connectivity index (χ2v) is 8.74. The average Bonchev–Trinajstić information content (AvgIpc) is 3.32. The standard InChI is InChI=1S/C24H24N4O2S/c29-22(18-10-13-25-14-11-18)28-19-6-3-5-17(15-19)16-27-23(30)21-9-4-12-26-24(21)31-20-7-1-2-8-20/h3-6,9-15,20H,1-2,7-8,16H2,(H,27,30)(H,28,29). The number of aromatic nitrogens is 2. The van der Waals surface area contributed by atoms with E-state index in [1.807, 2.05) is 30.3 Å². The third-order valence-corrected chi connectivity index (χ3v) is 6.53. The van der Waals surface area contributed by atoms with Crippen molar-refractivity contribution in [2.24, 2.45) is 0 Å². The second kappa shape index (κ2) is 10.2. The SMILES string of the molecule is O=C(Nc1cccc(CNC(=O)c2cccnc2SC2CCCC2)c1)c1ccncc1. The Morgan fingerprint density at radius 1 is 0.968 bits per heavy atom. The zero-order chi connectivity index (χ0) is 21.5. The third-order valence-electron chi connectivity index (χ3n) is 5.18.